The van der Waals surface area contributed by atoms with Gasteiger partial charge in [-0.1, -0.05) is 74.3 Å². The standard InChI is InChI=1S/C21H25ClN2O3/c1-3-14(2)19(21(26)27)23-13-18(25)24-20(15-8-5-4-6-9-15)16-10-7-11-17(22)12-16/h4-12,14,19-20,23H,3,13H2,1-2H3,(H,24,25)(H,26,27)/t14-,19-,20?/m0/s1. The van der Waals surface area contributed by atoms with E-state index in [-0.39, 0.29) is 24.4 Å². The number of rotatable bonds is 9. The summed E-state index contributed by atoms with van der Waals surface area (Å²) in [5.41, 5.74) is 1.78. The van der Waals surface area contributed by atoms with Crippen molar-refractivity contribution in [2.24, 2.45) is 5.92 Å². The second kappa shape index (κ2) is 10.1. The van der Waals surface area contributed by atoms with Crippen molar-refractivity contribution in [3.63, 3.8) is 0 Å². The molecular formula is C21H25ClN2O3. The second-order valence-corrected chi connectivity index (χ2v) is 6.98. The minimum Gasteiger partial charge on any atom is -0.480 e. The lowest BCUT2D eigenvalue weighted by atomic mass is 9.98. The molecule has 2 rings (SSSR count). The van der Waals surface area contributed by atoms with E-state index in [2.05, 4.69) is 10.6 Å². The van der Waals surface area contributed by atoms with Gasteiger partial charge in [-0.05, 0) is 29.2 Å². The van der Waals surface area contributed by atoms with Crippen molar-refractivity contribution in [1.29, 1.82) is 0 Å². The van der Waals surface area contributed by atoms with Crippen LogP contribution in [-0.2, 0) is 9.59 Å². The number of halogens is 1. The molecule has 2 aromatic carbocycles. The molecule has 0 aromatic heterocycles. The quantitative estimate of drug-likeness (QED) is 0.612. The van der Waals surface area contributed by atoms with E-state index < -0.39 is 12.0 Å². The summed E-state index contributed by atoms with van der Waals surface area (Å²) >= 11 is 6.11. The topological polar surface area (TPSA) is 78.4 Å². The Bertz CT molecular complexity index is 767. The Labute approximate surface area is 164 Å². The number of carboxylic acids is 1. The number of carbonyl (C=O) groups excluding carboxylic acids is 1. The van der Waals surface area contributed by atoms with E-state index in [0.29, 0.717) is 11.4 Å². The molecule has 6 heteroatoms. The van der Waals surface area contributed by atoms with Gasteiger partial charge in [-0.2, -0.15) is 0 Å². The maximum absolute atomic E-state index is 12.5. The fourth-order valence-corrected chi connectivity index (χ4v) is 3.07. The van der Waals surface area contributed by atoms with Gasteiger partial charge >= 0.3 is 5.97 Å². The number of amides is 1. The van der Waals surface area contributed by atoms with E-state index in [1.165, 1.54) is 0 Å². The summed E-state index contributed by atoms with van der Waals surface area (Å²) in [6, 6.07) is 15.8. The Hall–Kier alpha value is -2.37. The van der Waals surface area contributed by atoms with Gasteiger partial charge in [-0.15, -0.1) is 0 Å². The lowest BCUT2D eigenvalue weighted by Gasteiger charge is -2.23. The van der Waals surface area contributed by atoms with Gasteiger partial charge in [0.15, 0.2) is 0 Å². The van der Waals surface area contributed by atoms with Crippen molar-refractivity contribution < 1.29 is 14.7 Å². The van der Waals surface area contributed by atoms with Gasteiger partial charge in [-0.3, -0.25) is 14.9 Å². The third-order valence-corrected chi connectivity index (χ3v) is 4.82. The average molecular weight is 389 g/mol. The Balaban J connectivity index is 2.13. The zero-order valence-corrected chi connectivity index (χ0v) is 16.2. The van der Waals surface area contributed by atoms with E-state index in [9.17, 15) is 14.7 Å². The molecule has 0 spiro atoms. The summed E-state index contributed by atoms with van der Waals surface area (Å²) in [6.07, 6.45) is 0.709. The molecule has 3 N–H and O–H groups in total. The highest BCUT2D eigenvalue weighted by atomic mass is 35.5. The van der Waals surface area contributed by atoms with Crippen molar-refractivity contribution in [3.05, 3.63) is 70.7 Å². The smallest absolute Gasteiger partial charge is 0.320 e. The van der Waals surface area contributed by atoms with E-state index in [4.69, 9.17) is 11.6 Å². The van der Waals surface area contributed by atoms with Crippen LogP contribution >= 0.6 is 11.6 Å². The van der Waals surface area contributed by atoms with Gasteiger partial charge in [0, 0.05) is 5.02 Å². The summed E-state index contributed by atoms with van der Waals surface area (Å²) in [5.74, 6) is -1.31. The summed E-state index contributed by atoms with van der Waals surface area (Å²) < 4.78 is 0. The number of hydrogen-bond acceptors (Lipinski definition) is 3. The number of nitrogens with one attached hydrogen (secondary N) is 2. The Kier molecular flexibility index (Phi) is 7.82. The van der Waals surface area contributed by atoms with Crippen LogP contribution in [-0.4, -0.2) is 29.6 Å². The molecule has 1 unspecified atom stereocenters. The van der Waals surface area contributed by atoms with E-state index in [1.807, 2.05) is 62.4 Å². The van der Waals surface area contributed by atoms with E-state index in [0.717, 1.165) is 11.1 Å². The van der Waals surface area contributed by atoms with Gasteiger partial charge in [0.1, 0.15) is 6.04 Å². The molecule has 1 amide bonds. The first-order valence-electron chi connectivity index (χ1n) is 8.98. The zero-order valence-electron chi connectivity index (χ0n) is 15.5. The molecule has 0 fully saturated rings. The van der Waals surface area contributed by atoms with Crippen molar-refractivity contribution in [3.8, 4) is 0 Å². The first-order valence-corrected chi connectivity index (χ1v) is 9.36. The number of aliphatic carboxylic acids is 1. The molecule has 0 aliphatic rings. The molecule has 0 aliphatic heterocycles. The highest BCUT2D eigenvalue weighted by Gasteiger charge is 2.24. The van der Waals surface area contributed by atoms with Crippen molar-refractivity contribution in [1.82, 2.24) is 10.6 Å². The fraction of sp³-hybridized carbons (Fsp3) is 0.333. The predicted molar refractivity (Wildman–Crippen MR) is 107 cm³/mol. The van der Waals surface area contributed by atoms with Gasteiger partial charge in [0.05, 0.1) is 12.6 Å². The van der Waals surface area contributed by atoms with Crippen molar-refractivity contribution in [2.75, 3.05) is 6.54 Å². The van der Waals surface area contributed by atoms with E-state index >= 15 is 0 Å². The number of carboxylic acid groups (broad SMARTS) is 1. The maximum Gasteiger partial charge on any atom is 0.320 e. The van der Waals surface area contributed by atoms with Crippen molar-refractivity contribution in [2.45, 2.75) is 32.4 Å². The van der Waals surface area contributed by atoms with Crippen LogP contribution in [0.4, 0.5) is 0 Å². The van der Waals surface area contributed by atoms with Crippen LogP contribution in [0.2, 0.25) is 5.02 Å². The monoisotopic (exact) mass is 388 g/mol. The molecule has 5 nitrogen and oxygen atoms in total. The van der Waals surface area contributed by atoms with Gasteiger partial charge in [-0.25, -0.2) is 0 Å². The van der Waals surface area contributed by atoms with E-state index in [1.54, 1.807) is 6.07 Å². The highest BCUT2D eigenvalue weighted by molar-refractivity contribution is 6.30. The van der Waals surface area contributed by atoms with Crippen LogP contribution in [0.5, 0.6) is 0 Å². The lowest BCUT2D eigenvalue weighted by Crippen LogP contribution is -2.47. The molecule has 0 saturated carbocycles. The zero-order chi connectivity index (χ0) is 19.8. The maximum atomic E-state index is 12.5. The van der Waals surface area contributed by atoms with Crippen LogP contribution in [0.1, 0.15) is 37.4 Å². The minimum atomic E-state index is -0.952. The van der Waals surface area contributed by atoms with Crippen LogP contribution in [0.25, 0.3) is 0 Å². The molecule has 27 heavy (non-hydrogen) atoms. The lowest BCUT2D eigenvalue weighted by molar-refractivity contribution is -0.141. The molecule has 0 saturated heterocycles. The van der Waals surface area contributed by atoms with Crippen LogP contribution in [0, 0.1) is 5.92 Å². The predicted octanol–water partition coefficient (Wildman–Crippen LogP) is 3.63. The van der Waals surface area contributed by atoms with Crippen molar-refractivity contribution >= 4 is 23.5 Å². The number of benzene rings is 2. The third-order valence-electron chi connectivity index (χ3n) is 4.58. The van der Waals surface area contributed by atoms with Crippen LogP contribution < -0.4 is 10.6 Å². The molecular weight excluding hydrogens is 364 g/mol. The first-order chi connectivity index (χ1) is 12.9. The highest BCUT2D eigenvalue weighted by Crippen LogP contribution is 2.24. The largest absolute Gasteiger partial charge is 0.480 e. The van der Waals surface area contributed by atoms with Crippen LogP contribution in [0.15, 0.2) is 54.6 Å². The molecule has 0 radical (unpaired) electrons. The van der Waals surface area contributed by atoms with Crippen LogP contribution in [0.3, 0.4) is 0 Å². The Morgan fingerprint density at radius 3 is 2.33 bits per heavy atom. The SMILES string of the molecule is CC[C@H](C)[C@H](NCC(=O)NC(c1ccccc1)c1cccc(Cl)c1)C(=O)O. The summed E-state index contributed by atoms with van der Waals surface area (Å²) in [7, 11) is 0. The number of hydrogen-bond donors (Lipinski definition) is 3. The molecule has 144 valence electrons. The number of carbonyl (C=O) groups is 2. The molecule has 2 aromatic rings. The normalized spacial score (nSPS) is 14.2. The van der Waals surface area contributed by atoms with Gasteiger partial charge in [0.25, 0.3) is 0 Å². The Morgan fingerprint density at radius 1 is 1.07 bits per heavy atom. The molecule has 0 bridgehead atoms. The molecule has 0 aliphatic carbocycles. The third kappa shape index (κ3) is 6.08. The second-order valence-electron chi connectivity index (χ2n) is 6.55. The fourth-order valence-electron chi connectivity index (χ4n) is 2.87. The molecule has 3 atom stereocenters. The van der Waals surface area contributed by atoms with Gasteiger partial charge < -0.3 is 10.4 Å². The summed E-state index contributed by atoms with van der Waals surface area (Å²) in [5, 5.41) is 15.8. The Morgan fingerprint density at radius 2 is 1.74 bits per heavy atom. The minimum absolute atomic E-state index is 0.0758. The first kappa shape index (κ1) is 20.9. The molecule has 0 heterocycles. The summed E-state index contributed by atoms with van der Waals surface area (Å²) in [6.45, 7) is 3.70. The average Bonchev–Trinajstić information content (AvgIpc) is 2.66. The summed E-state index contributed by atoms with van der Waals surface area (Å²) in [4.78, 5) is 23.9. The van der Waals surface area contributed by atoms with Gasteiger partial charge in [0.2, 0.25) is 5.91 Å².